The van der Waals surface area contributed by atoms with Crippen molar-refractivity contribution in [3.63, 3.8) is 0 Å². The molecule has 0 radical (unpaired) electrons. The predicted octanol–water partition coefficient (Wildman–Crippen LogP) is 14.5. The molecule has 572 valence electrons. The fourth-order valence-corrected chi connectivity index (χ4v) is 15.0. The van der Waals surface area contributed by atoms with Crippen LogP contribution < -0.4 is 34.9 Å². The number of methoxy groups -OCH3 is 2. The molecule has 4 amide bonds. The molecule has 0 aliphatic rings. The number of amides is 4. The van der Waals surface area contributed by atoms with E-state index in [9.17, 15) is 59.8 Å². The summed E-state index contributed by atoms with van der Waals surface area (Å²) < 4.78 is 107. The van der Waals surface area contributed by atoms with E-state index in [0.29, 0.717) is 38.2 Å². The molecule has 0 bridgehead atoms. The van der Waals surface area contributed by atoms with Crippen LogP contribution in [0.25, 0.3) is 0 Å². The van der Waals surface area contributed by atoms with Gasteiger partial charge < -0.3 is 55.1 Å². The Hall–Kier alpha value is -8.09. The zero-order chi connectivity index (χ0) is 77.3. The molecule has 24 nitrogen and oxygen atoms in total. The molecule has 31 heteroatoms. The number of rotatable bonds is 39. The summed E-state index contributed by atoms with van der Waals surface area (Å²) in [6.07, 6.45) is 14.0. The van der Waals surface area contributed by atoms with Crippen LogP contribution in [-0.2, 0) is 44.3 Å². The average Bonchev–Trinajstić information content (AvgIpc) is 0.808. The van der Waals surface area contributed by atoms with Crippen LogP contribution in [0.1, 0.15) is 142 Å². The second kappa shape index (κ2) is 44.1. The molecule has 0 aliphatic carbocycles. The Bertz CT molecular complexity index is 4350. The first-order chi connectivity index (χ1) is 50.0. The highest BCUT2D eigenvalue weighted by Gasteiger charge is 2.28. The number of nitrogens with one attached hydrogen (secondary N) is 6. The fourth-order valence-electron chi connectivity index (χ4n) is 10.3. The highest BCUT2D eigenvalue weighted by atomic mass is 35.5. The van der Waals surface area contributed by atoms with Gasteiger partial charge in [0.2, 0.25) is 0 Å². The topological polar surface area (TPSA) is 344 Å². The molecule has 7 rings (SSSR count). The molecule has 0 aliphatic heterocycles. The van der Waals surface area contributed by atoms with Crippen LogP contribution in [-0.4, -0.2) is 150 Å². The van der Waals surface area contributed by atoms with Crippen molar-refractivity contribution in [2.24, 2.45) is 0 Å². The second-order valence-corrected chi connectivity index (χ2v) is 30.6. The van der Waals surface area contributed by atoms with Gasteiger partial charge in [-0.3, -0.25) is 33.3 Å². The van der Waals surface area contributed by atoms with Gasteiger partial charge in [0, 0.05) is 60.7 Å². The normalized spacial score (nSPS) is 11.3. The summed E-state index contributed by atoms with van der Waals surface area (Å²) in [5, 5.41) is 37.4. The molecule has 7 aromatic rings. The van der Waals surface area contributed by atoms with Crippen molar-refractivity contribution < 1.29 is 78.7 Å². The Morgan fingerprint density at radius 3 is 1.29 bits per heavy atom. The number of aryl methyl sites for hydroxylation is 3. The minimum atomic E-state index is -4.33. The minimum absolute atomic E-state index is 0.00141. The zero-order valence-electron chi connectivity index (χ0n) is 59.7. The van der Waals surface area contributed by atoms with Crippen LogP contribution in [0.2, 0.25) is 20.1 Å². The number of sulfonamides is 3. The van der Waals surface area contributed by atoms with Gasteiger partial charge in [0.25, 0.3) is 53.7 Å². The number of carbonyl (C=O) groups excluding carboxylic acids is 4. The van der Waals surface area contributed by atoms with Crippen molar-refractivity contribution in [3.8, 4) is 23.0 Å². The minimum Gasteiger partial charge on any atom is -0.506 e. The van der Waals surface area contributed by atoms with E-state index in [1.165, 1.54) is 169 Å². The van der Waals surface area contributed by atoms with Gasteiger partial charge in [0.15, 0.2) is 5.75 Å². The third-order valence-electron chi connectivity index (χ3n) is 15.8. The number of nitrogens with zero attached hydrogens (tertiary/aromatic N) is 1. The number of unbranched alkanes of at least 4 members (excludes halogenated alkanes) is 9. The van der Waals surface area contributed by atoms with Gasteiger partial charge in [-0.05, 0) is 130 Å². The summed E-state index contributed by atoms with van der Waals surface area (Å²) >= 11 is 23.7. The van der Waals surface area contributed by atoms with E-state index in [1.807, 2.05) is 32.0 Å². The van der Waals surface area contributed by atoms with E-state index in [2.05, 4.69) is 37.0 Å². The van der Waals surface area contributed by atoms with Gasteiger partial charge in [-0.15, -0.1) is 0 Å². The van der Waals surface area contributed by atoms with E-state index in [4.69, 9.17) is 65.4 Å². The smallest absolute Gasteiger partial charge is 0.262 e. The van der Waals surface area contributed by atoms with Crippen molar-refractivity contribution in [2.75, 3.05) is 94.6 Å². The number of halogens is 4. The monoisotopic (exact) mass is 1590 g/mol. The van der Waals surface area contributed by atoms with E-state index in [-0.39, 0.29) is 118 Å². The fraction of sp³-hybridized carbons (Fsp3) is 0.378. The van der Waals surface area contributed by atoms with Crippen molar-refractivity contribution in [1.82, 2.24) is 20.9 Å². The number of carbonyl (C=O) groups is 4. The van der Waals surface area contributed by atoms with Gasteiger partial charge in [-0.25, -0.2) is 25.3 Å². The highest BCUT2D eigenvalue weighted by Crippen LogP contribution is 2.37. The number of ether oxygens (including phenoxy) is 4. The summed E-state index contributed by atoms with van der Waals surface area (Å²) in [5.74, 6) is -2.37. The molecule has 105 heavy (non-hydrogen) atoms. The lowest BCUT2D eigenvalue weighted by atomic mass is 10.1. The maximum Gasteiger partial charge on any atom is 0.262 e. The Balaban J connectivity index is 0.000000296. The number of anilines is 3. The first-order valence-electron chi connectivity index (χ1n) is 33.9. The summed E-state index contributed by atoms with van der Waals surface area (Å²) in [6, 6.07) is 31.0. The molecular formula is C74H93Cl4N7O17S3. The quantitative estimate of drug-likeness (QED) is 0.0128. The van der Waals surface area contributed by atoms with Crippen molar-refractivity contribution in [1.29, 1.82) is 0 Å². The molecule has 0 saturated heterocycles. The molecule has 7 aromatic carbocycles. The number of phenolic OH excluding ortho intramolecular Hbond substituents is 3. The largest absolute Gasteiger partial charge is 0.506 e. The molecule has 0 aromatic heterocycles. The van der Waals surface area contributed by atoms with E-state index in [0.717, 1.165) is 29.9 Å². The zero-order valence-corrected chi connectivity index (χ0v) is 65.2. The van der Waals surface area contributed by atoms with Gasteiger partial charge in [-0.1, -0.05) is 165 Å². The second-order valence-electron chi connectivity index (χ2n) is 24.1. The van der Waals surface area contributed by atoms with Gasteiger partial charge in [-0.2, -0.15) is 0 Å². The summed E-state index contributed by atoms with van der Waals surface area (Å²) in [7, 11) is -8.08. The van der Waals surface area contributed by atoms with Crippen molar-refractivity contribution in [3.05, 3.63) is 186 Å². The lowest BCUT2D eigenvalue weighted by Crippen LogP contribution is -2.36. The van der Waals surface area contributed by atoms with Gasteiger partial charge >= 0.3 is 0 Å². The van der Waals surface area contributed by atoms with Crippen LogP contribution in [0.5, 0.6) is 23.0 Å². The van der Waals surface area contributed by atoms with E-state index >= 15 is 0 Å². The average molecular weight is 1590 g/mol. The lowest BCUT2D eigenvalue weighted by molar-refractivity contribution is 0.0624. The molecule has 0 heterocycles. The Kier molecular flexibility index (Phi) is 36.8. The SMILES string of the molecule is CCCCCCCCCCCCOCCCNC(=O)c1ccccc1S(=O)(=O)Nc1cc(C)c(O)c(Cl)c1.CNC(=O)c1ccccc1S(=O)(=O)Nc1cc(Cl)c(O)c(Cl)c1.COCCN(CCOC)C(=O)c1cc(NS(=O)(=O)c2ccccc2C(=O)NCCCOc2ccc(C)cc2C)cc(Cl)c1O. The Labute approximate surface area is 636 Å². The molecule has 0 saturated carbocycles. The van der Waals surface area contributed by atoms with Crippen LogP contribution >= 0.6 is 46.4 Å². The molecule has 0 spiro atoms. The maximum absolute atomic E-state index is 13.5. The first-order valence-corrected chi connectivity index (χ1v) is 39.8. The van der Waals surface area contributed by atoms with Crippen LogP contribution in [0.15, 0.2) is 142 Å². The van der Waals surface area contributed by atoms with Crippen LogP contribution in [0.3, 0.4) is 0 Å². The molecule has 0 atom stereocenters. The van der Waals surface area contributed by atoms with Crippen molar-refractivity contribution in [2.45, 2.75) is 119 Å². The number of benzene rings is 7. The maximum atomic E-state index is 13.5. The van der Waals surface area contributed by atoms with Gasteiger partial charge in [0.1, 0.15) is 31.9 Å². The van der Waals surface area contributed by atoms with Crippen LogP contribution in [0.4, 0.5) is 17.1 Å². The summed E-state index contributed by atoms with van der Waals surface area (Å²) in [5.41, 5.74) is 2.52. The Morgan fingerprint density at radius 2 is 0.838 bits per heavy atom. The van der Waals surface area contributed by atoms with Crippen LogP contribution in [0, 0.1) is 20.8 Å². The van der Waals surface area contributed by atoms with Crippen molar-refractivity contribution >= 4 is 117 Å². The van der Waals surface area contributed by atoms with E-state index < -0.39 is 59.4 Å². The number of hydrogen-bond donors (Lipinski definition) is 9. The summed E-state index contributed by atoms with van der Waals surface area (Å²) in [4.78, 5) is 51.6. The lowest BCUT2D eigenvalue weighted by Gasteiger charge is -2.23. The molecule has 0 unspecified atom stereocenters. The first kappa shape index (κ1) is 87.5. The third kappa shape index (κ3) is 28.0. The summed E-state index contributed by atoms with van der Waals surface area (Å²) in [6.45, 7) is 10.9. The molecule has 0 fully saturated rings. The highest BCUT2D eigenvalue weighted by molar-refractivity contribution is 7.93. The molecular weight excluding hydrogens is 1500 g/mol. The number of phenols is 3. The standard InChI is InChI=1S/C31H38ClN3O8S.C29H43ClN2O5S.C14H12Cl2N2O4S/c1-21-10-11-27(22(2)18-21)43-15-7-12-33-30(37)24-8-5-6-9-28(24)44(39,40)34-23-19-25(29(36)26(32)20-23)31(38)35(13-16-41-3)14-17-42-4;1-3-4-5-6-7-8-9-10-11-14-19-37-20-15-18-31-29(34)25-16-12-13-17-27(25)38(35,36)32-24-21-23(2)28(33)26(30)22-24;1-17-14(20)9-4-2-3-5-12(9)23(21,22)18-8-6-10(15)13(19)11(16)7-8/h5-6,8-11,18-20,34,36H,7,12-17H2,1-4H3,(H,33,37);12-13,16-17,21-22,32-33H,3-11,14-15,18-20H2,1-2H3,(H,31,34);2-7,18-19H,1H3,(H,17,20). The van der Waals surface area contributed by atoms with E-state index in [1.54, 1.807) is 31.2 Å². The third-order valence-corrected chi connectivity index (χ3v) is 21.3. The number of hydrogen-bond acceptors (Lipinski definition) is 17. The molecule has 9 N–H and O–H groups in total. The Morgan fingerprint density at radius 1 is 0.438 bits per heavy atom. The predicted molar refractivity (Wildman–Crippen MR) is 412 cm³/mol. The number of aromatic hydroxyl groups is 3. The van der Waals surface area contributed by atoms with Gasteiger partial charge in [0.05, 0.1) is 79.2 Å².